The second kappa shape index (κ2) is 12.7. The Morgan fingerprint density at radius 2 is 1.56 bits per heavy atom. The van der Waals surface area contributed by atoms with Crippen LogP contribution in [-0.2, 0) is 28.5 Å². The van der Waals surface area contributed by atoms with Gasteiger partial charge in [-0.2, -0.15) is 26.3 Å². The molecule has 2 rings (SSSR count). The van der Waals surface area contributed by atoms with Crippen molar-refractivity contribution in [3.05, 3.63) is 47.0 Å². The summed E-state index contributed by atoms with van der Waals surface area (Å²) >= 11 is 0. The number of halogens is 6. The number of carboxylic acid groups (broad SMARTS) is 2. The SMILES string of the molecule is CC(C)CN(Cc1ccc(C(F)(F)F)cc1C(F)(F)F)C1CCNCC1.O=C(O)C=CC(=O)O. The van der Waals surface area contributed by atoms with E-state index in [9.17, 15) is 35.9 Å². The fourth-order valence-corrected chi connectivity index (χ4v) is 3.50. The summed E-state index contributed by atoms with van der Waals surface area (Å²) in [4.78, 5) is 21.1. The number of rotatable bonds is 7. The molecule has 0 spiro atoms. The third-order valence-electron chi connectivity index (χ3n) is 4.91. The zero-order chi connectivity index (χ0) is 26.1. The predicted molar refractivity (Wildman–Crippen MR) is 112 cm³/mol. The van der Waals surface area contributed by atoms with Crippen molar-refractivity contribution < 1.29 is 46.1 Å². The molecule has 1 aromatic rings. The van der Waals surface area contributed by atoms with E-state index in [0.717, 1.165) is 38.1 Å². The van der Waals surface area contributed by atoms with Crippen LogP contribution in [-0.4, -0.2) is 52.7 Å². The molecule has 1 fully saturated rings. The minimum absolute atomic E-state index is 0.00414. The van der Waals surface area contributed by atoms with Crippen molar-refractivity contribution in [2.45, 2.75) is 51.6 Å². The van der Waals surface area contributed by atoms with Gasteiger partial charge in [0.05, 0.1) is 11.1 Å². The molecule has 0 unspecified atom stereocenters. The largest absolute Gasteiger partial charge is 0.478 e. The first-order chi connectivity index (χ1) is 15.6. The lowest BCUT2D eigenvalue weighted by Crippen LogP contribution is -2.44. The molecule has 0 aromatic heterocycles. The molecule has 0 bridgehead atoms. The number of alkyl halides is 6. The maximum atomic E-state index is 13.4. The molecular weight excluding hydrogens is 470 g/mol. The van der Waals surface area contributed by atoms with Crippen molar-refractivity contribution >= 4 is 11.9 Å². The Kier molecular flexibility index (Phi) is 11.0. The fourth-order valence-electron chi connectivity index (χ4n) is 3.50. The second-order valence-electron chi connectivity index (χ2n) is 8.18. The minimum Gasteiger partial charge on any atom is -0.478 e. The van der Waals surface area contributed by atoms with Crippen LogP contribution in [0.15, 0.2) is 30.4 Å². The summed E-state index contributed by atoms with van der Waals surface area (Å²) in [5.41, 5.74) is -2.58. The molecule has 34 heavy (non-hydrogen) atoms. The third kappa shape index (κ3) is 10.6. The molecule has 0 atom stereocenters. The second-order valence-corrected chi connectivity index (χ2v) is 8.18. The average Bonchev–Trinajstić information content (AvgIpc) is 2.71. The number of carboxylic acids is 2. The molecule has 0 radical (unpaired) electrons. The van der Waals surface area contributed by atoms with Crippen molar-refractivity contribution in [3.8, 4) is 0 Å². The molecule has 1 aromatic carbocycles. The van der Waals surface area contributed by atoms with Crippen molar-refractivity contribution in [3.63, 3.8) is 0 Å². The van der Waals surface area contributed by atoms with E-state index in [1.165, 1.54) is 0 Å². The maximum absolute atomic E-state index is 13.4. The summed E-state index contributed by atoms with van der Waals surface area (Å²) in [6.45, 7) is 6.13. The van der Waals surface area contributed by atoms with E-state index in [-0.39, 0.29) is 30.1 Å². The molecule has 0 aliphatic carbocycles. The summed E-state index contributed by atoms with van der Waals surface area (Å²) in [5, 5.41) is 18.8. The topological polar surface area (TPSA) is 89.9 Å². The Hall–Kier alpha value is -2.60. The summed E-state index contributed by atoms with van der Waals surface area (Å²) in [6, 6.07) is 2.06. The number of piperidine rings is 1. The van der Waals surface area contributed by atoms with E-state index in [0.29, 0.717) is 18.7 Å². The van der Waals surface area contributed by atoms with Gasteiger partial charge in [0.1, 0.15) is 0 Å². The van der Waals surface area contributed by atoms with Crippen molar-refractivity contribution in [1.29, 1.82) is 0 Å². The predicted octanol–water partition coefficient (Wildman–Crippen LogP) is 4.65. The van der Waals surface area contributed by atoms with E-state index in [2.05, 4.69) is 5.32 Å². The summed E-state index contributed by atoms with van der Waals surface area (Å²) in [7, 11) is 0. The standard InChI is InChI=1S/C18H24F6N2.C4H4O4/c1-12(2)10-26(15-5-7-25-8-6-15)11-13-3-4-14(17(19,20)21)9-16(13)18(22,23)24;5-3(6)1-2-4(7)8/h3-4,9,12,15,25H,5-8,10-11H2,1-2H3;1-2H,(H,5,6)(H,7,8). The first kappa shape index (κ1) is 29.4. The average molecular weight is 498 g/mol. The first-order valence-electron chi connectivity index (χ1n) is 10.5. The highest BCUT2D eigenvalue weighted by atomic mass is 19.4. The van der Waals surface area contributed by atoms with Gasteiger partial charge in [-0.1, -0.05) is 19.9 Å². The number of benzene rings is 1. The van der Waals surface area contributed by atoms with E-state index in [4.69, 9.17) is 10.2 Å². The smallest absolute Gasteiger partial charge is 0.416 e. The zero-order valence-electron chi connectivity index (χ0n) is 18.7. The molecule has 192 valence electrons. The lowest BCUT2D eigenvalue weighted by Gasteiger charge is -2.36. The van der Waals surface area contributed by atoms with Crippen LogP contribution in [0.4, 0.5) is 26.3 Å². The van der Waals surface area contributed by atoms with Crippen LogP contribution < -0.4 is 5.32 Å². The van der Waals surface area contributed by atoms with Crippen LogP contribution in [0.25, 0.3) is 0 Å². The van der Waals surface area contributed by atoms with Gasteiger partial charge in [0.25, 0.3) is 0 Å². The van der Waals surface area contributed by atoms with Crippen LogP contribution in [0, 0.1) is 5.92 Å². The van der Waals surface area contributed by atoms with E-state index >= 15 is 0 Å². The molecule has 1 heterocycles. The highest BCUT2D eigenvalue weighted by Gasteiger charge is 2.38. The summed E-state index contributed by atoms with van der Waals surface area (Å²) in [6.07, 6.45) is -6.88. The minimum atomic E-state index is -4.83. The Labute approximate surface area is 193 Å². The first-order valence-corrected chi connectivity index (χ1v) is 10.5. The van der Waals surface area contributed by atoms with Gasteiger partial charge >= 0.3 is 24.3 Å². The molecule has 3 N–H and O–H groups in total. The Morgan fingerprint density at radius 3 is 1.97 bits per heavy atom. The lowest BCUT2D eigenvalue weighted by atomic mass is 9.98. The molecule has 6 nitrogen and oxygen atoms in total. The van der Waals surface area contributed by atoms with Crippen LogP contribution >= 0.6 is 0 Å². The van der Waals surface area contributed by atoms with Gasteiger partial charge in [0.15, 0.2) is 0 Å². The Balaban J connectivity index is 0.000000620. The van der Waals surface area contributed by atoms with Gasteiger partial charge in [-0.3, -0.25) is 4.90 Å². The van der Waals surface area contributed by atoms with Crippen molar-refractivity contribution in [2.75, 3.05) is 19.6 Å². The van der Waals surface area contributed by atoms with Gasteiger partial charge in [-0.25, -0.2) is 9.59 Å². The fraction of sp³-hybridized carbons (Fsp3) is 0.545. The number of hydrogen-bond acceptors (Lipinski definition) is 4. The number of nitrogens with zero attached hydrogens (tertiary/aromatic N) is 1. The Morgan fingerprint density at radius 1 is 1.03 bits per heavy atom. The van der Waals surface area contributed by atoms with Crippen LogP contribution in [0.1, 0.15) is 43.4 Å². The van der Waals surface area contributed by atoms with E-state index in [1.807, 2.05) is 18.7 Å². The van der Waals surface area contributed by atoms with E-state index in [1.54, 1.807) is 0 Å². The quantitative estimate of drug-likeness (QED) is 0.375. The highest BCUT2D eigenvalue weighted by molar-refractivity contribution is 5.89. The highest BCUT2D eigenvalue weighted by Crippen LogP contribution is 2.38. The van der Waals surface area contributed by atoms with Crippen LogP contribution in [0.3, 0.4) is 0 Å². The van der Waals surface area contributed by atoms with Gasteiger partial charge in [-0.05, 0) is 49.5 Å². The molecule has 0 saturated carbocycles. The third-order valence-corrected chi connectivity index (χ3v) is 4.91. The van der Waals surface area contributed by atoms with Gasteiger partial charge in [0.2, 0.25) is 0 Å². The van der Waals surface area contributed by atoms with Gasteiger partial charge in [0, 0.05) is 31.3 Å². The van der Waals surface area contributed by atoms with Crippen molar-refractivity contribution in [2.24, 2.45) is 5.92 Å². The van der Waals surface area contributed by atoms with E-state index < -0.39 is 35.4 Å². The molecule has 1 saturated heterocycles. The zero-order valence-corrected chi connectivity index (χ0v) is 18.7. The van der Waals surface area contributed by atoms with Crippen molar-refractivity contribution in [1.82, 2.24) is 10.2 Å². The van der Waals surface area contributed by atoms with Crippen LogP contribution in [0.5, 0.6) is 0 Å². The van der Waals surface area contributed by atoms with Crippen LogP contribution in [0.2, 0.25) is 0 Å². The van der Waals surface area contributed by atoms with Gasteiger partial charge < -0.3 is 15.5 Å². The number of carbonyl (C=O) groups is 2. The summed E-state index contributed by atoms with van der Waals surface area (Å²) < 4.78 is 78.6. The number of aliphatic carboxylic acids is 2. The lowest BCUT2D eigenvalue weighted by molar-refractivity contribution is -0.143. The number of nitrogens with one attached hydrogen (secondary N) is 1. The Bertz CT molecular complexity index is 831. The monoisotopic (exact) mass is 498 g/mol. The molecule has 0 amide bonds. The number of hydrogen-bond donors (Lipinski definition) is 3. The summed E-state index contributed by atoms with van der Waals surface area (Å²) in [5.74, 6) is -2.27. The molecular formula is C22H28F6N2O4. The van der Waals surface area contributed by atoms with Gasteiger partial charge in [-0.15, -0.1) is 0 Å². The normalized spacial score (nSPS) is 15.5. The molecule has 1 aliphatic heterocycles. The molecule has 12 heteroatoms. The maximum Gasteiger partial charge on any atom is 0.416 e. The molecule has 1 aliphatic rings.